The van der Waals surface area contributed by atoms with Crippen molar-refractivity contribution in [2.45, 2.75) is 25.4 Å². The summed E-state index contributed by atoms with van der Waals surface area (Å²) in [5.74, 6) is 0.341. The standard InChI is InChI=1S/C19H20N8/c1-12(2)13-5-18(27-24-7-13)19(20)4-3-16-17(26-19)6-14(10-23-16)25-15-8-21-11-22-9-15/h3-12,25-26H,20H2,1-2H3. The first-order valence-electron chi connectivity index (χ1n) is 8.65. The van der Waals surface area contributed by atoms with Gasteiger partial charge in [0.1, 0.15) is 12.0 Å². The number of hydrogen-bond donors (Lipinski definition) is 3. The van der Waals surface area contributed by atoms with E-state index >= 15 is 0 Å². The van der Waals surface area contributed by atoms with Crippen LogP contribution in [0.25, 0.3) is 6.08 Å². The molecule has 8 nitrogen and oxygen atoms in total. The molecule has 0 bridgehead atoms. The Labute approximate surface area is 157 Å². The topological polar surface area (TPSA) is 115 Å². The second-order valence-electron chi connectivity index (χ2n) is 6.77. The van der Waals surface area contributed by atoms with Crippen LogP contribution < -0.4 is 16.4 Å². The van der Waals surface area contributed by atoms with Crippen molar-refractivity contribution in [1.82, 2.24) is 25.1 Å². The normalized spacial score (nSPS) is 18.1. The maximum Gasteiger partial charge on any atom is 0.151 e. The molecule has 1 atom stereocenters. The van der Waals surface area contributed by atoms with Crippen molar-refractivity contribution in [1.29, 1.82) is 0 Å². The molecule has 3 aromatic rings. The summed E-state index contributed by atoms with van der Waals surface area (Å²) < 4.78 is 0. The molecule has 0 amide bonds. The summed E-state index contributed by atoms with van der Waals surface area (Å²) in [6.07, 6.45) is 12.1. The van der Waals surface area contributed by atoms with Crippen LogP contribution in [-0.4, -0.2) is 25.1 Å². The van der Waals surface area contributed by atoms with E-state index in [1.54, 1.807) is 24.8 Å². The van der Waals surface area contributed by atoms with Crippen LogP contribution in [-0.2, 0) is 5.66 Å². The van der Waals surface area contributed by atoms with E-state index in [9.17, 15) is 0 Å². The number of aromatic nitrogens is 5. The molecule has 0 spiro atoms. The van der Waals surface area contributed by atoms with E-state index in [0.29, 0.717) is 11.6 Å². The highest BCUT2D eigenvalue weighted by molar-refractivity contribution is 5.74. The Hall–Kier alpha value is -3.39. The van der Waals surface area contributed by atoms with Crippen molar-refractivity contribution < 1.29 is 0 Å². The van der Waals surface area contributed by atoms with E-state index in [1.165, 1.54) is 6.33 Å². The molecule has 0 aliphatic carbocycles. The highest BCUT2D eigenvalue weighted by Crippen LogP contribution is 2.32. The molecule has 4 heterocycles. The number of fused-ring (bicyclic) bond motifs is 1. The molecular weight excluding hydrogens is 340 g/mol. The van der Waals surface area contributed by atoms with Gasteiger partial charge >= 0.3 is 0 Å². The highest BCUT2D eigenvalue weighted by atomic mass is 15.2. The van der Waals surface area contributed by atoms with Gasteiger partial charge in [-0.25, -0.2) is 9.97 Å². The SMILES string of the molecule is CC(C)c1cnnc(C2(N)C=Cc3ncc(Nc4cncnc4)cc3N2)c1. The molecule has 3 aromatic heterocycles. The number of nitrogens with two attached hydrogens (primary N) is 1. The van der Waals surface area contributed by atoms with Crippen molar-refractivity contribution >= 4 is 23.1 Å². The zero-order chi connectivity index (χ0) is 18.9. The quantitative estimate of drug-likeness (QED) is 0.651. The molecule has 1 aliphatic rings. The fourth-order valence-corrected chi connectivity index (χ4v) is 2.83. The minimum absolute atomic E-state index is 0.341. The molecule has 4 N–H and O–H groups in total. The lowest BCUT2D eigenvalue weighted by molar-refractivity contribution is 0.605. The van der Waals surface area contributed by atoms with Crippen LogP contribution in [0.2, 0.25) is 0 Å². The second-order valence-corrected chi connectivity index (χ2v) is 6.77. The summed E-state index contributed by atoms with van der Waals surface area (Å²) in [5, 5.41) is 14.9. The molecule has 1 aliphatic heterocycles. The third-order valence-corrected chi connectivity index (χ3v) is 4.38. The van der Waals surface area contributed by atoms with Crippen molar-refractivity contribution in [3.05, 3.63) is 66.3 Å². The van der Waals surface area contributed by atoms with Crippen molar-refractivity contribution in [2.24, 2.45) is 5.73 Å². The van der Waals surface area contributed by atoms with Gasteiger partial charge in [0, 0.05) is 0 Å². The molecule has 0 radical (unpaired) electrons. The summed E-state index contributed by atoms with van der Waals surface area (Å²) in [4.78, 5) is 12.5. The smallest absolute Gasteiger partial charge is 0.151 e. The Bertz CT molecular complexity index is 986. The van der Waals surface area contributed by atoms with Crippen LogP contribution >= 0.6 is 0 Å². The molecule has 8 heteroatoms. The van der Waals surface area contributed by atoms with Crippen molar-refractivity contribution in [3.8, 4) is 0 Å². The number of rotatable bonds is 4. The van der Waals surface area contributed by atoms with Crippen molar-refractivity contribution in [3.63, 3.8) is 0 Å². The average Bonchev–Trinajstić information content (AvgIpc) is 2.68. The summed E-state index contributed by atoms with van der Waals surface area (Å²) in [6.45, 7) is 4.22. The fourth-order valence-electron chi connectivity index (χ4n) is 2.83. The number of nitrogens with one attached hydrogen (secondary N) is 2. The lowest BCUT2D eigenvalue weighted by Crippen LogP contribution is -2.45. The molecular formula is C19H20N8. The van der Waals surface area contributed by atoms with Gasteiger partial charge in [-0.15, -0.1) is 0 Å². The molecule has 0 aromatic carbocycles. The van der Waals surface area contributed by atoms with Gasteiger partial charge in [-0.2, -0.15) is 10.2 Å². The van der Waals surface area contributed by atoms with E-state index in [0.717, 1.165) is 28.3 Å². The maximum absolute atomic E-state index is 6.60. The van der Waals surface area contributed by atoms with Crippen LogP contribution in [0.5, 0.6) is 0 Å². The molecule has 1 unspecified atom stereocenters. The van der Waals surface area contributed by atoms with Crippen LogP contribution in [0, 0.1) is 0 Å². The van der Waals surface area contributed by atoms with Gasteiger partial charge in [0.05, 0.1) is 47.5 Å². The third-order valence-electron chi connectivity index (χ3n) is 4.38. The summed E-state index contributed by atoms with van der Waals surface area (Å²) in [7, 11) is 0. The van der Waals surface area contributed by atoms with Crippen LogP contribution in [0.1, 0.15) is 36.7 Å². The lowest BCUT2D eigenvalue weighted by Gasteiger charge is -2.31. The van der Waals surface area contributed by atoms with Gasteiger partial charge in [0.25, 0.3) is 0 Å². The largest absolute Gasteiger partial charge is 0.357 e. The Morgan fingerprint density at radius 1 is 1.07 bits per heavy atom. The van der Waals surface area contributed by atoms with Gasteiger partial charge in [0.2, 0.25) is 0 Å². The summed E-state index contributed by atoms with van der Waals surface area (Å²) in [6, 6.07) is 3.93. The first-order chi connectivity index (χ1) is 13.0. The van der Waals surface area contributed by atoms with Gasteiger partial charge < -0.3 is 16.4 Å². The Morgan fingerprint density at radius 2 is 1.89 bits per heavy atom. The summed E-state index contributed by atoms with van der Waals surface area (Å²) >= 11 is 0. The zero-order valence-corrected chi connectivity index (χ0v) is 15.1. The minimum Gasteiger partial charge on any atom is -0.357 e. The Balaban J connectivity index is 1.63. The van der Waals surface area contributed by atoms with E-state index in [1.807, 2.05) is 24.3 Å². The molecule has 0 saturated heterocycles. The highest BCUT2D eigenvalue weighted by Gasteiger charge is 2.30. The van der Waals surface area contributed by atoms with Crippen LogP contribution in [0.15, 0.2) is 49.3 Å². The van der Waals surface area contributed by atoms with Gasteiger partial charge in [-0.1, -0.05) is 13.8 Å². The van der Waals surface area contributed by atoms with E-state index in [2.05, 4.69) is 49.6 Å². The maximum atomic E-state index is 6.60. The van der Waals surface area contributed by atoms with Crippen LogP contribution in [0.3, 0.4) is 0 Å². The molecule has 136 valence electrons. The van der Waals surface area contributed by atoms with Gasteiger partial charge in [-0.05, 0) is 35.8 Å². The van der Waals surface area contributed by atoms with Crippen molar-refractivity contribution in [2.75, 3.05) is 10.6 Å². The predicted octanol–water partition coefficient (Wildman–Crippen LogP) is 2.78. The Morgan fingerprint density at radius 3 is 2.67 bits per heavy atom. The van der Waals surface area contributed by atoms with E-state index in [4.69, 9.17) is 5.73 Å². The average molecular weight is 360 g/mol. The first-order valence-corrected chi connectivity index (χ1v) is 8.65. The molecule has 0 fully saturated rings. The zero-order valence-electron chi connectivity index (χ0n) is 15.1. The first kappa shape index (κ1) is 17.0. The Kier molecular flexibility index (Phi) is 4.25. The molecule has 0 saturated carbocycles. The third kappa shape index (κ3) is 3.47. The van der Waals surface area contributed by atoms with Gasteiger partial charge in [-0.3, -0.25) is 4.98 Å². The minimum atomic E-state index is -0.957. The van der Waals surface area contributed by atoms with E-state index in [-0.39, 0.29) is 0 Å². The lowest BCUT2D eigenvalue weighted by atomic mass is 9.97. The second kappa shape index (κ2) is 6.73. The monoisotopic (exact) mass is 360 g/mol. The predicted molar refractivity (Wildman–Crippen MR) is 104 cm³/mol. The van der Waals surface area contributed by atoms with Gasteiger partial charge in [0.15, 0.2) is 5.66 Å². The molecule has 4 rings (SSSR count). The number of hydrogen-bond acceptors (Lipinski definition) is 8. The molecule has 27 heavy (non-hydrogen) atoms. The number of nitrogens with zero attached hydrogens (tertiary/aromatic N) is 5. The number of anilines is 3. The van der Waals surface area contributed by atoms with Crippen LogP contribution in [0.4, 0.5) is 17.1 Å². The fraction of sp³-hybridized carbons (Fsp3) is 0.211. The number of pyridine rings is 1. The van der Waals surface area contributed by atoms with E-state index < -0.39 is 5.66 Å². The summed E-state index contributed by atoms with van der Waals surface area (Å²) in [5.41, 5.74) is 10.6.